The molecule has 2 unspecified atom stereocenters. The van der Waals surface area contributed by atoms with Gasteiger partial charge in [0.25, 0.3) is 0 Å². The number of carbonyl (C=O) groups is 2. The molecule has 4 nitrogen and oxygen atoms in total. The molecule has 0 radical (unpaired) electrons. The van der Waals surface area contributed by atoms with Gasteiger partial charge in [-0.2, -0.15) is 0 Å². The monoisotopic (exact) mass is 280 g/mol. The van der Waals surface area contributed by atoms with E-state index in [4.69, 9.17) is 16.3 Å². The first-order valence-corrected chi connectivity index (χ1v) is 6.13. The lowest BCUT2D eigenvalue weighted by Gasteiger charge is -2.39. The Bertz CT molecular complexity index is 564. The van der Waals surface area contributed by atoms with Crippen molar-refractivity contribution in [2.24, 2.45) is 5.92 Å². The molecule has 2 rings (SSSR count). The van der Waals surface area contributed by atoms with Gasteiger partial charge in [0.2, 0.25) is 5.78 Å². The Balaban J connectivity index is 2.34. The normalized spacial score (nSPS) is 23.9. The van der Waals surface area contributed by atoms with Gasteiger partial charge in [0, 0.05) is 5.56 Å². The van der Waals surface area contributed by atoms with Crippen LogP contribution in [0.3, 0.4) is 0 Å². The summed E-state index contributed by atoms with van der Waals surface area (Å²) < 4.78 is 4.92. The van der Waals surface area contributed by atoms with E-state index < -0.39 is 17.3 Å². The second kappa shape index (κ2) is 4.79. The maximum absolute atomic E-state index is 12.3. The van der Waals surface area contributed by atoms with Crippen molar-refractivity contribution in [2.75, 3.05) is 7.11 Å². The van der Waals surface area contributed by atoms with Gasteiger partial charge >= 0.3 is 0 Å². The van der Waals surface area contributed by atoms with Crippen LogP contribution in [0.25, 0.3) is 0 Å². The van der Waals surface area contributed by atoms with Gasteiger partial charge in [0.05, 0.1) is 13.0 Å². The second-order valence-corrected chi connectivity index (χ2v) is 4.77. The average Bonchev–Trinajstić information content (AvgIpc) is 2.46. The molecule has 0 aliphatic heterocycles. The fraction of sp³-hybridized carbons (Fsp3) is 0.286. The van der Waals surface area contributed by atoms with Gasteiger partial charge in [-0.3, -0.25) is 9.59 Å². The van der Waals surface area contributed by atoms with Crippen LogP contribution in [0.5, 0.6) is 0 Å². The summed E-state index contributed by atoms with van der Waals surface area (Å²) >= 11 is 5.68. The Kier molecular flexibility index (Phi) is 3.47. The van der Waals surface area contributed by atoms with Gasteiger partial charge in [0.1, 0.15) is 5.03 Å². The van der Waals surface area contributed by atoms with Crippen LogP contribution in [0.15, 0.2) is 41.1 Å². The van der Waals surface area contributed by atoms with Gasteiger partial charge in [-0.15, -0.1) is 0 Å². The summed E-state index contributed by atoms with van der Waals surface area (Å²) in [6.45, 7) is 1.48. The number of carbonyl (C=O) groups excluding carboxylic acids is 2. The van der Waals surface area contributed by atoms with E-state index in [0.717, 1.165) is 0 Å². The van der Waals surface area contributed by atoms with Crippen LogP contribution in [0, 0.1) is 5.92 Å². The van der Waals surface area contributed by atoms with Crippen molar-refractivity contribution >= 4 is 23.2 Å². The van der Waals surface area contributed by atoms with Crippen LogP contribution in [-0.2, 0) is 9.53 Å². The third-order valence-corrected chi connectivity index (χ3v) is 3.72. The fourth-order valence-corrected chi connectivity index (χ4v) is 2.52. The summed E-state index contributed by atoms with van der Waals surface area (Å²) in [5.74, 6) is -2.02. The number of aliphatic hydroxyl groups is 1. The molecule has 0 spiro atoms. The standard InChI is InChI=1S/C14H13ClO4/c1-8(11(16)9-6-4-3-5-7-9)14(18)12(17)10(15)13(14)19-2/h3-8,18H,1-2H3. The lowest BCUT2D eigenvalue weighted by molar-refractivity contribution is -0.142. The SMILES string of the molecule is COC1=C(Cl)C(=O)C1(O)C(C)C(=O)c1ccccc1. The number of hydrogen-bond donors (Lipinski definition) is 1. The minimum atomic E-state index is -1.96. The molecule has 1 N–H and O–H groups in total. The smallest absolute Gasteiger partial charge is 0.217 e. The quantitative estimate of drug-likeness (QED) is 0.856. The van der Waals surface area contributed by atoms with Crippen molar-refractivity contribution in [2.45, 2.75) is 12.5 Å². The molecule has 100 valence electrons. The van der Waals surface area contributed by atoms with E-state index in [1.165, 1.54) is 14.0 Å². The molecule has 19 heavy (non-hydrogen) atoms. The lowest BCUT2D eigenvalue weighted by atomic mass is 9.72. The first-order valence-electron chi connectivity index (χ1n) is 5.75. The minimum absolute atomic E-state index is 0.0454. The average molecular weight is 281 g/mol. The molecule has 0 bridgehead atoms. The summed E-state index contributed by atoms with van der Waals surface area (Å²) in [6.07, 6.45) is 0. The number of methoxy groups -OCH3 is 1. The number of ketones is 2. The van der Waals surface area contributed by atoms with Gasteiger partial charge in [0.15, 0.2) is 17.1 Å². The minimum Gasteiger partial charge on any atom is -0.496 e. The molecule has 0 amide bonds. The fourth-order valence-electron chi connectivity index (χ4n) is 2.16. The van der Waals surface area contributed by atoms with E-state index in [1.54, 1.807) is 30.3 Å². The van der Waals surface area contributed by atoms with Crippen molar-refractivity contribution in [1.29, 1.82) is 0 Å². The molecular formula is C14H13ClO4. The summed E-state index contributed by atoms with van der Waals surface area (Å²) in [5, 5.41) is 10.2. The summed E-state index contributed by atoms with van der Waals surface area (Å²) in [6, 6.07) is 8.47. The van der Waals surface area contributed by atoms with Gasteiger partial charge < -0.3 is 9.84 Å². The largest absolute Gasteiger partial charge is 0.496 e. The zero-order valence-corrected chi connectivity index (χ0v) is 11.3. The second-order valence-electron chi connectivity index (χ2n) is 4.39. The first kappa shape index (κ1) is 13.8. The molecule has 5 heteroatoms. The predicted octanol–water partition coefficient (Wildman–Crippen LogP) is 1.92. The Morgan fingerprint density at radius 1 is 1.37 bits per heavy atom. The maximum atomic E-state index is 12.3. The van der Waals surface area contributed by atoms with Gasteiger partial charge in [-0.25, -0.2) is 0 Å². The van der Waals surface area contributed by atoms with E-state index in [9.17, 15) is 14.7 Å². The highest BCUT2D eigenvalue weighted by molar-refractivity contribution is 6.48. The van der Waals surface area contributed by atoms with Crippen molar-refractivity contribution < 1.29 is 19.4 Å². The van der Waals surface area contributed by atoms with Crippen molar-refractivity contribution in [3.63, 3.8) is 0 Å². The van der Waals surface area contributed by atoms with E-state index in [-0.39, 0.29) is 16.6 Å². The third kappa shape index (κ3) is 1.88. The predicted molar refractivity (Wildman–Crippen MR) is 69.8 cm³/mol. The van der Waals surface area contributed by atoms with Crippen LogP contribution < -0.4 is 0 Å². The zero-order chi connectivity index (χ0) is 14.2. The van der Waals surface area contributed by atoms with Crippen LogP contribution in [0.2, 0.25) is 0 Å². The molecule has 1 aromatic carbocycles. The molecule has 1 aliphatic carbocycles. The van der Waals surface area contributed by atoms with Gasteiger partial charge in [-0.1, -0.05) is 48.9 Å². The van der Waals surface area contributed by atoms with E-state index >= 15 is 0 Å². The molecule has 1 aromatic rings. The molecule has 0 saturated carbocycles. The van der Waals surface area contributed by atoms with E-state index in [1.807, 2.05) is 0 Å². The highest BCUT2D eigenvalue weighted by Gasteiger charge is 2.59. The van der Waals surface area contributed by atoms with Crippen LogP contribution >= 0.6 is 11.6 Å². The molecule has 0 saturated heterocycles. The number of rotatable bonds is 4. The summed E-state index contributed by atoms with van der Waals surface area (Å²) in [7, 11) is 1.30. The number of halogens is 1. The first-order chi connectivity index (χ1) is 8.94. The molecule has 0 heterocycles. The van der Waals surface area contributed by atoms with Crippen molar-refractivity contribution in [3.8, 4) is 0 Å². The van der Waals surface area contributed by atoms with E-state index in [0.29, 0.717) is 5.56 Å². The topological polar surface area (TPSA) is 63.6 Å². The van der Waals surface area contributed by atoms with Crippen molar-refractivity contribution in [3.05, 3.63) is 46.7 Å². The van der Waals surface area contributed by atoms with Crippen molar-refractivity contribution in [1.82, 2.24) is 0 Å². The Morgan fingerprint density at radius 2 is 1.95 bits per heavy atom. The molecule has 1 aliphatic rings. The summed E-state index contributed by atoms with van der Waals surface area (Å²) in [5.41, 5.74) is -1.53. The number of benzene rings is 1. The molecule has 0 aromatic heterocycles. The Labute approximate surface area is 115 Å². The Hall–Kier alpha value is -1.65. The maximum Gasteiger partial charge on any atom is 0.217 e. The third-order valence-electron chi connectivity index (χ3n) is 3.37. The highest BCUT2D eigenvalue weighted by Crippen LogP contribution is 2.43. The summed E-state index contributed by atoms with van der Waals surface area (Å²) in [4.78, 5) is 24.0. The number of Topliss-reactive ketones (excluding diaryl/α,β-unsaturated/α-hetero) is 2. The Morgan fingerprint density at radius 3 is 2.47 bits per heavy atom. The number of ether oxygens (including phenoxy) is 1. The molecular weight excluding hydrogens is 268 g/mol. The highest BCUT2D eigenvalue weighted by atomic mass is 35.5. The van der Waals surface area contributed by atoms with Crippen LogP contribution in [-0.4, -0.2) is 29.4 Å². The van der Waals surface area contributed by atoms with E-state index in [2.05, 4.69) is 0 Å². The van der Waals surface area contributed by atoms with Crippen LogP contribution in [0.4, 0.5) is 0 Å². The van der Waals surface area contributed by atoms with Gasteiger partial charge in [-0.05, 0) is 0 Å². The number of hydrogen-bond acceptors (Lipinski definition) is 4. The van der Waals surface area contributed by atoms with Crippen LogP contribution in [0.1, 0.15) is 17.3 Å². The molecule has 2 atom stereocenters. The molecule has 0 fully saturated rings. The zero-order valence-electron chi connectivity index (χ0n) is 10.5. The lowest BCUT2D eigenvalue weighted by Crippen LogP contribution is -2.57.